The fourth-order valence-corrected chi connectivity index (χ4v) is 2.36. The van der Waals surface area contributed by atoms with Crippen LogP contribution in [0.25, 0.3) is 11.4 Å². The maximum Gasteiger partial charge on any atom is 0.573 e. The molecule has 0 aliphatic rings. The van der Waals surface area contributed by atoms with Crippen molar-refractivity contribution < 1.29 is 22.6 Å². The minimum atomic E-state index is -4.82. The second-order valence-electron chi connectivity index (χ2n) is 5.70. The van der Waals surface area contributed by atoms with Gasteiger partial charge in [0.15, 0.2) is 17.5 Å². The molecule has 0 saturated carbocycles. The van der Waals surface area contributed by atoms with Gasteiger partial charge in [0.25, 0.3) is 0 Å². The number of guanidine groups is 1. The van der Waals surface area contributed by atoms with Crippen LogP contribution in [0.3, 0.4) is 0 Å². The summed E-state index contributed by atoms with van der Waals surface area (Å²) in [6, 6.07) is 12.7. The Hall–Kier alpha value is -3.03. The summed E-state index contributed by atoms with van der Waals surface area (Å²) < 4.78 is 46.5. The second-order valence-corrected chi connectivity index (χ2v) is 5.70. The van der Waals surface area contributed by atoms with Gasteiger partial charge in [0.1, 0.15) is 18.1 Å². The van der Waals surface area contributed by atoms with E-state index in [9.17, 15) is 13.2 Å². The van der Waals surface area contributed by atoms with Crippen LogP contribution >= 0.6 is 24.0 Å². The molecule has 30 heavy (non-hydrogen) atoms. The maximum atomic E-state index is 12.5. The molecule has 4 N–H and O–H groups in total. The Morgan fingerprint density at radius 3 is 2.53 bits per heavy atom. The molecule has 3 aromatic rings. The molecule has 2 aromatic carbocycles. The number of aliphatic imine (C=N–C) groups is 1. The van der Waals surface area contributed by atoms with Crippen molar-refractivity contribution in [3.63, 3.8) is 0 Å². The molecular formula is C18H18F3IN6O2. The number of methoxy groups -OCH3 is 1. The molecule has 1 aromatic heterocycles. The molecule has 8 nitrogen and oxygen atoms in total. The van der Waals surface area contributed by atoms with Crippen LogP contribution in [-0.4, -0.2) is 34.6 Å². The number of benzene rings is 2. The molecule has 0 unspecified atom stereocenters. The number of ether oxygens (including phenoxy) is 2. The van der Waals surface area contributed by atoms with E-state index in [0.29, 0.717) is 17.4 Å². The molecule has 160 valence electrons. The number of nitrogens with zero attached hydrogens (tertiary/aromatic N) is 3. The zero-order valence-corrected chi connectivity index (χ0v) is 17.9. The zero-order chi connectivity index (χ0) is 20.9. The number of aromatic nitrogens is 3. The Kier molecular flexibility index (Phi) is 7.86. The number of rotatable bonds is 6. The predicted molar refractivity (Wildman–Crippen MR) is 116 cm³/mol. The van der Waals surface area contributed by atoms with Gasteiger partial charge in [-0.2, -0.15) is 5.10 Å². The van der Waals surface area contributed by atoms with Crippen molar-refractivity contribution in [1.82, 2.24) is 15.2 Å². The molecule has 0 atom stereocenters. The topological polar surface area (TPSA) is 110 Å². The Labute approximate surface area is 186 Å². The predicted octanol–water partition coefficient (Wildman–Crippen LogP) is 3.92. The van der Waals surface area contributed by atoms with Gasteiger partial charge < -0.3 is 20.5 Å². The van der Waals surface area contributed by atoms with Crippen molar-refractivity contribution in [2.24, 2.45) is 10.7 Å². The van der Waals surface area contributed by atoms with E-state index < -0.39 is 12.1 Å². The van der Waals surface area contributed by atoms with Gasteiger partial charge in [-0.1, -0.05) is 12.1 Å². The number of nitrogens with one attached hydrogen (secondary N) is 2. The van der Waals surface area contributed by atoms with Crippen LogP contribution in [0.4, 0.5) is 18.9 Å². The van der Waals surface area contributed by atoms with Gasteiger partial charge in [0, 0.05) is 5.56 Å². The van der Waals surface area contributed by atoms with Gasteiger partial charge in [-0.05, 0) is 36.4 Å². The van der Waals surface area contributed by atoms with Crippen LogP contribution in [0.15, 0.2) is 53.5 Å². The lowest BCUT2D eigenvalue weighted by molar-refractivity contribution is -0.274. The number of hydrogen-bond donors (Lipinski definition) is 3. The monoisotopic (exact) mass is 534 g/mol. The Bertz CT molecular complexity index is 992. The lowest BCUT2D eigenvalue weighted by Gasteiger charge is -2.13. The van der Waals surface area contributed by atoms with Crippen molar-refractivity contribution >= 4 is 35.6 Å². The van der Waals surface area contributed by atoms with Crippen LogP contribution in [0.5, 0.6) is 11.5 Å². The van der Waals surface area contributed by atoms with Crippen LogP contribution in [-0.2, 0) is 6.54 Å². The smallest absolute Gasteiger partial charge is 0.497 e. The van der Waals surface area contributed by atoms with E-state index in [1.54, 1.807) is 19.2 Å². The summed E-state index contributed by atoms with van der Waals surface area (Å²) >= 11 is 0. The van der Waals surface area contributed by atoms with Gasteiger partial charge in [0.05, 0.1) is 12.8 Å². The number of aromatic amines is 1. The van der Waals surface area contributed by atoms with E-state index in [2.05, 4.69) is 30.2 Å². The first-order valence-corrected chi connectivity index (χ1v) is 8.31. The number of alkyl halides is 3. The quantitative estimate of drug-likeness (QED) is 0.251. The fraction of sp³-hybridized carbons (Fsp3) is 0.167. The van der Waals surface area contributed by atoms with Gasteiger partial charge in [-0.3, -0.25) is 5.10 Å². The number of anilines is 1. The zero-order valence-electron chi connectivity index (χ0n) is 15.6. The molecule has 0 aliphatic heterocycles. The summed E-state index contributed by atoms with van der Waals surface area (Å²) in [4.78, 5) is 8.36. The average molecular weight is 534 g/mol. The molecule has 0 aliphatic carbocycles. The lowest BCUT2D eigenvalue weighted by atomic mass is 10.2. The normalized spacial score (nSPS) is 11.5. The second kappa shape index (κ2) is 10.1. The van der Waals surface area contributed by atoms with Crippen molar-refractivity contribution in [3.8, 4) is 22.9 Å². The molecule has 0 fully saturated rings. The van der Waals surface area contributed by atoms with Gasteiger partial charge in [0.2, 0.25) is 0 Å². The molecule has 3 rings (SSSR count). The summed E-state index contributed by atoms with van der Waals surface area (Å²) in [5.41, 5.74) is 6.57. The van der Waals surface area contributed by atoms with Crippen molar-refractivity contribution in [2.45, 2.75) is 12.9 Å². The van der Waals surface area contributed by atoms with E-state index in [1.165, 1.54) is 24.3 Å². The van der Waals surface area contributed by atoms with E-state index in [4.69, 9.17) is 10.5 Å². The van der Waals surface area contributed by atoms with E-state index in [1.807, 2.05) is 12.1 Å². The first-order valence-electron chi connectivity index (χ1n) is 8.31. The Morgan fingerprint density at radius 1 is 1.17 bits per heavy atom. The standard InChI is InChI=1S/C18H17F3N6O2.HI/c1-28-12-8-6-11(7-9-12)16-25-15(26-27-16)10-23-17(22)24-13-4-2-3-5-14(13)29-18(19,20)21;/h2-9H,10H2,1H3,(H3,22,23,24)(H,25,26,27);1H. The number of nitrogens with two attached hydrogens (primary N) is 1. The highest BCUT2D eigenvalue weighted by Gasteiger charge is 2.32. The molecule has 0 radical (unpaired) electrons. The average Bonchev–Trinajstić information content (AvgIpc) is 3.16. The van der Waals surface area contributed by atoms with Crippen molar-refractivity contribution in [3.05, 3.63) is 54.4 Å². The van der Waals surface area contributed by atoms with Crippen molar-refractivity contribution in [1.29, 1.82) is 0 Å². The van der Waals surface area contributed by atoms with E-state index >= 15 is 0 Å². The molecule has 1 heterocycles. The van der Waals surface area contributed by atoms with Gasteiger partial charge >= 0.3 is 6.36 Å². The fourth-order valence-electron chi connectivity index (χ4n) is 2.36. The molecule has 0 saturated heterocycles. The molecule has 12 heteroatoms. The van der Waals surface area contributed by atoms with E-state index in [-0.39, 0.29) is 42.2 Å². The molecular weight excluding hydrogens is 516 g/mol. The highest BCUT2D eigenvalue weighted by molar-refractivity contribution is 14.0. The summed E-state index contributed by atoms with van der Waals surface area (Å²) in [6.45, 7) is 0.0459. The lowest BCUT2D eigenvalue weighted by Crippen LogP contribution is -2.24. The van der Waals surface area contributed by atoms with Crippen LogP contribution in [0.2, 0.25) is 0 Å². The first kappa shape index (κ1) is 23.3. The Balaban J connectivity index is 0.00000320. The minimum absolute atomic E-state index is 0. The highest BCUT2D eigenvalue weighted by atomic mass is 127. The highest BCUT2D eigenvalue weighted by Crippen LogP contribution is 2.29. The van der Waals surface area contributed by atoms with Crippen molar-refractivity contribution in [2.75, 3.05) is 12.4 Å². The van der Waals surface area contributed by atoms with Gasteiger partial charge in [-0.25, -0.2) is 9.98 Å². The third-order valence-corrected chi connectivity index (χ3v) is 3.65. The molecule has 0 bridgehead atoms. The van der Waals surface area contributed by atoms with E-state index in [0.717, 1.165) is 5.56 Å². The summed E-state index contributed by atoms with van der Waals surface area (Å²) in [7, 11) is 1.57. The third kappa shape index (κ3) is 6.50. The largest absolute Gasteiger partial charge is 0.573 e. The van der Waals surface area contributed by atoms with Gasteiger partial charge in [-0.15, -0.1) is 37.1 Å². The summed E-state index contributed by atoms with van der Waals surface area (Å²) in [5, 5.41) is 9.43. The first-order chi connectivity index (χ1) is 13.8. The Morgan fingerprint density at radius 2 is 1.87 bits per heavy atom. The van der Waals surface area contributed by atoms with Crippen LogP contribution in [0, 0.1) is 0 Å². The number of hydrogen-bond acceptors (Lipinski definition) is 5. The molecule has 0 spiro atoms. The number of H-pyrrole nitrogens is 1. The third-order valence-electron chi connectivity index (χ3n) is 3.65. The molecule has 0 amide bonds. The number of halogens is 4. The summed E-state index contributed by atoms with van der Waals surface area (Å²) in [5.74, 6) is 1.08. The SMILES string of the molecule is COc1ccc(-c2n[nH]c(CN=C(N)Nc3ccccc3OC(F)(F)F)n2)cc1.I. The van der Waals surface area contributed by atoms with Crippen LogP contribution < -0.4 is 20.5 Å². The van der Waals surface area contributed by atoms with Crippen LogP contribution in [0.1, 0.15) is 5.82 Å². The minimum Gasteiger partial charge on any atom is -0.497 e. The maximum absolute atomic E-state index is 12.5. The summed E-state index contributed by atoms with van der Waals surface area (Å²) in [6.07, 6.45) is -4.82. The number of para-hydroxylation sites is 2.